The van der Waals surface area contributed by atoms with Crippen LogP contribution in [-0.2, 0) is 15.9 Å². The molecule has 18 heavy (non-hydrogen) atoms. The Balaban J connectivity index is 1.39. The van der Waals surface area contributed by atoms with Gasteiger partial charge < -0.3 is 14.8 Å². The van der Waals surface area contributed by atoms with Gasteiger partial charge in [-0.2, -0.15) is 11.3 Å². The fraction of sp³-hybridized carbons (Fsp3) is 0.714. The van der Waals surface area contributed by atoms with Crippen LogP contribution in [0.25, 0.3) is 0 Å². The van der Waals surface area contributed by atoms with Gasteiger partial charge in [0.2, 0.25) is 0 Å². The van der Waals surface area contributed by atoms with Gasteiger partial charge in [-0.05, 0) is 54.1 Å². The summed E-state index contributed by atoms with van der Waals surface area (Å²) in [7, 11) is 0. The summed E-state index contributed by atoms with van der Waals surface area (Å²) in [6.45, 7) is 5.53. The van der Waals surface area contributed by atoms with Gasteiger partial charge in [0, 0.05) is 26.4 Å². The third-order valence-electron chi connectivity index (χ3n) is 3.29. The molecule has 2 heterocycles. The fourth-order valence-corrected chi connectivity index (χ4v) is 2.80. The van der Waals surface area contributed by atoms with Crippen LogP contribution in [0.5, 0.6) is 0 Å². The Morgan fingerprint density at radius 2 is 2.22 bits per heavy atom. The first kappa shape index (κ1) is 14.0. The van der Waals surface area contributed by atoms with Crippen LogP contribution in [0.2, 0.25) is 0 Å². The molecule has 1 fully saturated rings. The Morgan fingerprint density at radius 3 is 3.00 bits per heavy atom. The Hall–Kier alpha value is -0.420. The summed E-state index contributed by atoms with van der Waals surface area (Å²) in [6, 6.07) is 2.19. The molecule has 3 nitrogen and oxygen atoms in total. The lowest BCUT2D eigenvalue weighted by molar-refractivity contribution is 0.0214. The largest absolute Gasteiger partial charge is 0.381 e. The fourth-order valence-electron chi connectivity index (χ4n) is 2.10. The molecule has 0 spiro atoms. The maximum atomic E-state index is 5.69. The van der Waals surface area contributed by atoms with E-state index in [0.29, 0.717) is 5.92 Å². The van der Waals surface area contributed by atoms with E-state index in [1.807, 2.05) is 0 Å². The third-order valence-corrected chi connectivity index (χ3v) is 4.02. The molecule has 102 valence electrons. The van der Waals surface area contributed by atoms with Gasteiger partial charge in [0.15, 0.2) is 0 Å². The van der Waals surface area contributed by atoms with Crippen molar-refractivity contribution in [1.29, 1.82) is 0 Å². The number of ether oxygens (including phenoxy) is 2. The average Bonchev–Trinajstić information content (AvgIpc) is 2.92. The first-order valence-electron chi connectivity index (χ1n) is 6.82. The maximum absolute atomic E-state index is 5.69. The molecular formula is C14H23NO2S. The van der Waals surface area contributed by atoms with Crippen molar-refractivity contribution in [1.82, 2.24) is 5.32 Å². The van der Waals surface area contributed by atoms with Crippen molar-refractivity contribution in [3.63, 3.8) is 0 Å². The number of hydrogen-bond donors (Lipinski definition) is 1. The second-order valence-corrected chi connectivity index (χ2v) is 5.54. The van der Waals surface area contributed by atoms with E-state index in [9.17, 15) is 0 Å². The van der Waals surface area contributed by atoms with E-state index >= 15 is 0 Å². The maximum Gasteiger partial charge on any atom is 0.0591 e. The van der Waals surface area contributed by atoms with Gasteiger partial charge in [-0.1, -0.05) is 0 Å². The van der Waals surface area contributed by atoms with Gasteiger partial charge in [0.05, 0.1) is 6.61 Å². The minimum atomic E-state index is 0.713. The van der Waals surface area contributed by atoms with Crippen molar-refractivity contribution in [3.8, 4) is 0 Å². The normalized spacial score (nSPS) is 17.1. The molecule has 1 aromatic rings. The van der Waals surface area contributed by atoms with Crippen molar-refractivity contribution >= 4 is 11.3 Å². The van der Waals surface area contributed by atoms with Crippen LogP contribution in [0.15, 0.2) is 16.8 Å². The van der Waals surface area contributed by atoms with Gasteiger partial charge in [0.1, 0.15) is 0 Å². The highest BCUT2D eigenvalue weighted by molar-refractivity contribution is 7.07. The molecular weight excluding hydrogens is 246 g/mol. The summed E-state index contributed by atoms with van der Waals surface area (Å²) in [6.07, 6.45) is 3.43. The Bertz CT molecular complexity index is 297. The molecule has 4 heteroatoms. The predicted molar refractivity (Wildman–Crippen MR) is 75.3 cm³/mol. The molecule has 0 unspecified atom stereocenters. The summed E-state index contributed by atoms with van der Waals surface area (Å²) < 4.78 is 11.0. The molecule has 1 aliphatic rings. The van der Waals surface area contributed by atoms with E-state index in [1.54, 1.807) is 11.3 Å². The average molecular weight is 269 g/mol. The second-order valence-electron chi connectivity index (χ2n) is 4.76. The van der Waals surface area contributed by atoms with Crippen molar-refractivity contribution in [3.05, 3.63) is 22.4 Å². The highest BCUT2D eigenvalue weighted by Crippen LogP contribution is 2.14. The zero-order valence-electron chi connectivity index (χ0n) is 10.9. The minimum absolute atomic E-state index is 0.713. The third kappa shape index (κ3) is 5.48. The molecule has 0 saturated carbocycles. The lowest BCUT2D eigenvalue weighted by Crippen LogP contribution is -2.25. The molecule has 0 amide bonds. The molecule has 1 N–H and O–H groups in total. The first-order valence-corrected chi connectivity index (χ1v) is 7.77. The van der Waals surface area contributed by atoms with Crippen molar-refractivity contribution in [2.45, 2.75) is 19.3 Å². The highest BCUT2D eigenvalue weighted by Gasteiger charge is 2.13. The molecule has 0 bridgehead atoms. The van der Waals surface area contributed by atoms with E-state index in [4.69, 9.17) is 9.47 Å². The summed E-state index contributed by atoms with van der Waals surface area (Å²) >= 11 is 1.76. The molecule has 1 aromatic heterocycles. The zero-order chi connectivity index (χ0) is 12.5. The van der Waals surface area contributed by atoms with Gasteiger partial charge in [-0.25, -0.2) is 0 Å². The molecule has 0 aromatic carbocycles. The van der Waals surface area contributed by atoms with Crippen molar-refractivity contribution in [2.75, 3.05) is 39.5 Å². The quantitative estimate of drug-likeness (QED) is 0.735. The van der Waals surface area contributed by atoms with Gasteiger partial charge >= 0.3 is 0 Å². The molecule has 1 saturated heterocycles. The summed E-state index contributed by atoms with van der Waals surface area (Å²) in [5, 5.41) is 7.76. The van der Waals surface area contributed by atoms with Crippen LogP contribution in [0.1, 0.15) is 18.4 Å². The van der Waals surface area contributed by atoms with Crippen LogP contribution < -0.4 is 5.32 Å². The molecule has 0 radical (unpaired) electrons. The lowest BCUT2D eigenvalue weighted by Gasteiger charge is -2.21. The van der Waals surface area contributed by atoms with Crippen LogP contribution in [0.4, 0.5) is 0 Å². The predicted octanol–water partition coefficient (Wildman–Crippen LogP) is 2.32. The van der Waals surface area contributed by atoms with E-state index in [0.717, 1.165) is 58.8 Å². The van der Waals surface area contributed by atoms with Crippen molar-refractivity contribution < 1.29 is 9.47 Å². The Kier molecular flexibility index (Phi) is 6.72. The Labute approximate surface area is 113 Å². The number of thiophene rings is 1. The van der Waals surface area contributed by atoms with Crippen molar-refractivity contribution in [2.24, 2.45) is 5.92 Å². The van der Waals surface area contributed by atoms with E-state index in [-0.39, 0.29) is 0 Å². The SMILES string of the molecule is c1cc(CCNCCOCC2CCOCC2)cs1. The number of hydrogen-bond acceptors (Lipinski definition) is 4. The lowest BCUT2D eigenvalue weighted by atomic mass is 10.0. The van der Waals surface area contributed by atoms with E-state index < -0.39 is 0 Å². The summed E-state index contributed by atoms with van der Waals surface area (Å²) in [5.41, 5.74) is 1.43. The van der Waals surface area contributed by atoms with Gasteiger partial charge in [-0.3, -0.25) is 0 Å². The van der Waals surface area contributed by atoms with Crippen LogP contribution in [0, 0.1) is 5.92 Å². The molecule has 1 aliphatic heterocycles. The van der Waals surface area contributed by atoms with Crippen LogP contribution >= 0.6 is 11.3 Å². The van der Waals surface area contributed by atoms with Crippen LogP contribution in [0.3, 0.4) is 0 Å². The van der Waals surface area contributed by atoms with Crippen LogP contribution in [-0.4, -0.2) is 39.5 Å². The van der Waals surface area contributed by atoms with Gasteiger partial charge in [0.25, 0.3) is 0 Å². The van der Waals surface area contributed by atoms with E-state index in [2.05, 4.69) is 22.1 Å². The minimum Gasteiger partial charge on any atom is -0.381 e. The highest BCUT2D eigenvalue weighted by atomic mass is 32.1. The number of nitrogens with one attached hydrogen (secondary N) is 1. The van der Waals surface area contributed by atoms with Gasteiger partial charge in [-0.15, -0.1) is 0 Å². The first-order chi connectivity index (χ1) is 8.95. The smallest absolute Gasteiger partial charge is 0.0591 e. The zero-order valence-corrected chi connectivity index (χ0v) is 11.7. The standard InChI is InChI=1S/C14H23NO2S/c1(14-4-10-18-12-14)5-15-6-9-17-11-13-2-7-16-8-3-13/h4,10,12-13,15H,1-3,5-9,11H2. The summed E-state index contributed by atoms with van der Waals surface area (Å²) in [4.78, 5) is 0. The topological polar surface area (TPSA) is 30.5 Å². The molecule has 2 rings (SSSR count). The summed E-state index contributed by atoms with van der Waals surface area (Å²) in [5.74, 6) is 0.713. The second kappa shape index (κ2) is 8.64. The van der Waals surface area contributed by atoms with E-state index in [1.165, 1.54) is 5.56 Å². The Morgan fingerprint density at radius 1 is 1.33 bits per heavy atom. The number of rotatable bonds is 8. The molecule has 0 aliphatic carbocycles. The monoisotopic (exact) mass is 269 g/mol. The molecule has 0 atom stereocenters.